The van der Waals surface area contributed by atoms with Crippen molar-refractivity contribution in [1.82, 2.24) is 14.7 Å². The van der Waals surface area contributed by atoms with Crippen LogP contribution in [0.1, 0.15) is 11.1 Å². The Hall–Kier alpha value is -1.54. The van der Waals surface area contributed by atoms with Gasteiger partial charge in [0, 0.05) is 6.54 Å². The molecular formula is C12H12ClN3O3S. The van der Waals surface area contributed by atoms with Gasteiger partial charge in [0.1, 0.15) is 4.90 Å². The second-order valence-corrected chi connectivity index (χ2v) is 6.09. The number of aliphatic hydroxyl groups is 1. The van der Waals surface area contributed by atoms with Crippen molar-refractivity contribution in [3.8, 4) is 0 Å². The zero-order chi connectivity index (χ0) is 14.6. The van der Waals surface area contributed by atoms with E-state index in [-0.39, 0.29) is 23.3 Å². The van der Waals surface area contributed by atoms with Gasteiger partial charge in [-0.25, -0.2) is 23.1 Å². The SMILES string of the molecule is O=S(=O)(NCc1ccc(CO)cc1)c1cnc(Cl)nc1. The number of halogens is 1. The third kappa shape index (κ3) is 3.73. The van der Waals surface area contributed by atoms with Crippen molar-refractivity contribution in [1.29, 1.82) is 0 Å². The van der Waals surface area contributed by atoms with E-state index in [1.165, 1.54) is 0 Å². The minimum absolute atomic E-state index is 0.0106. The number of hydrogen-bond acceptors (Lipinski definition) is 5. The second kappa shape index (κ2) is 6.27. The Morgan fingerprint density at radius 3 is 2.20 bits per heavy atom. The van der Waals surface area contributed by atoms with Crippen LogP contribution in [-0.4, -0.2) is 23.5 Å². The normalized spacial score (nSPS) is 11.5. The minimum Gasteiger partial charge on any atom is -0.392 e. The van der Waals surface area contributed by atoms with Crippen LogP contribution in [0, 0.1) is 0 Å². The highest BCUT2D eigenvalue weighted by Crippen LogP contribution is 2.09. The van der Waals surface area contributed by atoms with E-state index in [1.54, 1.807) is 24.3 Å². The summed E-state index contributed by atoms with van der Waals surface area (Å²) in [6.45, 7) is 0.0881. The molecule has 0 aliphatic rings. The number of nitrogens with one attached hydrogen (secondary N) is 1. The lowest BCUT2D eigenvalue weighted by Crippen LogP contribution is -2.23. The molecule has 0 amide bonds. The lowest BCUT2D eigenvalue weighted by atomic mass is 10.1. The maximum atomic E-state index is 12.0. The average Bonchev–Trinajstić information content (AvgIpc) is 2.46. The van der Waals surface area contributed by atoms with Crippen LogP contribution in [0.25, 0.3) is 0 Å². The molecule has 1 heterocycles. The molecule has 0 unspecified atom stereocenters. The van der Waals surface area contributed by atoms with E-state index in [1.807, 2.05) is 0 Å². The highest BCUT2D eigenvalue weighted by atomic mass is 35.5. The summed E-state index contributed by atoms with van der Waals surface area (Å²) < 4.78 is 26.4. The van der Waals surface area contributed by atoms with E-state index >= 15 is 0 Å². The largest absolute Gasteiger partial charge is 0.392 e. The molecule has 0 fully saturated rings. The van der Waals surface area contributed by atoms with Gasteiger partial charge in [-0.1, -0.05) is 24.3 Å². The summed E-state index contributed by atoms with van der Waals surface area (Å²) in [5, 5.41) is 8.91. The lowest BCUT2D eigenvalue weighted by Gasteiger charge is -2.06. The van der Waals surface area contributed by atoms with Crippen LogP contribution in [0.15, 0.2) is 41.6 Å². The maximum Gasteiger partial charge on any atom is 0.243 e. The zero-order valence-corrected chi connectivity index (χ0v) is 11.9. The van der Waals surface area contributed by atoms with Crippen LogP contribution < -0.4 is 4.72 Å². The summed E-state index contributed by atoms with van der Waals surface area (Å²) in [6, 6.07) is 6.95. The minimum atomic E-state index is -3.67. The molecule has 8 heteroatoms. The average molecular weight is 314 g/mol. The molecule has 0 radical (unpaired) electrons. The van der Waals surface area contributed by atoms with Gasteiger partial charge in [-0.15, -0.1) is 0 Å². The molecule has 0 aliphatic heterocycles. The molecule has 0 atom stereocenters. The van der Waals surface area contributed by atoms with Crippen molar-refractivity contribution in [2.75, 3.05) is 0 Å². The van der Waals surface area contributed by atoms with Crippen LogP contribution in [0.4, 0.5) is 0 Å². The van der Waals surface area contributed by atoms with Crippen molar-refractivity contribution in [3.05, 3.63) is 53.1 Å². The molecule has 2 aromatic rings. The van der Waals surface area contributed by atoms with Crippen LogP contribution >= 0.6 is 11.6 Å². The maximum absolute atomic E-state index is 12.0. The van der Waals surface area contributed by atoms with Crippen molar-refractivity contribution < 1.29 is 13.5 Å². The summed E-state index contributed by atoms with van der Waals surface area (Å²) in [5.74, 6) is 0. The quantitative estimate of drug-likeness (QED) is 0.806. The first-order valence-electron chi connectivity index (χ1n) is 5.67. The van der Waals surface area contributed by atoms with Gasteiger partial charge in [-0.3, -0.25) is 0 Å². The number of sulfonamides is 1. The first-order valence-corrected chi connectivity index (χ1v) is 7.53. The molecule has 0 spiro atoms. The first-order chi connectivity index (χ1) is 9.51. The van der Waals surface area contributed by atoms with Gasteiger partial charge < -0.3 is 5.11 Å². The Labute approximate surface area is 121 Å². The second-order valence-electron chi connectivity index (χ2n) is 3.99. The number of hydrogen-bond donors (Lipinski definition) is 2. The zero-order valence-electron chi connectivity index (χ0n) is 10.3. The molecule has 0 saturated heterocycles. The highest BCUT2D eigenvalue weighted by molar-refractivity contribution is 7.89. The van der Waals surface area contributed by atoms with Crippen LogP contribution in [0.3, 0.4) is 0 Å². The first kappa shape index (κ1) is 14.9. The summed E-state index contributed by atoms with van der Waals surface area (Å²) in [5.41, 5.74) is 1.54. The van der Waals surface area contributed by atoms with E-state index in [9.17, 15) is 8.42 Å². The number of nitrogens with zero attached hydrogens (tertiary/aromatic N) is 2. The Bertz CT molecular complexity index is 672. The highest BCUT2D eigenvalue weighted by Gasteiger charge is 2.14. The summed E-state index contributed by atoms with van der Waals surface area (Å²) >= 11 is 5.51. The molecule has 6 nitrogen and oxygen atoms in total. The fourth-order valence-corrected chi connectivity index (χ4v) is 2.47. The third-order valence-corrected chi connectivity index (χ3v) is 4.13. The van der Waals surface area contributed by atoms with Gasteiger partial charge in [0.2, 0.25) is 15.3 Å². The van der Waals surface area contributed by atoms with E-state index in [4.69, 9.17) is 16.7 Å². The molecule has 2 N–H and O–H groups in total. The van der Waals surface area contributed by atoms with Gasteiger partial charge in [-0.05, 0) is 22.7 Å². The van der Waals surface area contributed by atoms with Gasteiger partial charge in [0.15, 0.2) is 0 Å². The molecule has 0 aliphatic carbocycles. The fourth-order valence-electron chi connectivity index (χ4n) is 1.46. The molecule has 2 rings (SSSR count). The standard InChI is InChI=1S/C12H12ClN3O3S/c13-12-14-6-11(7-15-12)20(18,19)16-5-9-1-3-10(8-17)4-2-9/h1-4,6-7,16-17H,5,8H2. The smallest absolute Gasteiger partial charge is 0.243 e. The summed E-state index contributed by atoms with van der Waals surface area (Å²) in [4.78, 5) is 7.21. The molecule has 106 valence electrons. The number of aromatic nitrogens is 2. The van der Waals surface area contributed by atoms with Gasteiger partial charge >= 0.3 is 0 Å². The van der Waals surface area contributed by atoms with Gasteiger partial charge in [0.05, 0.1) is 19.0 Å². The number of benzene rings is 1. The molecule has 20 heavy (non-hydrogen) atoms. The van der Waals surface area contributed by atoms with Gasteiger partial charge in [0.25, 0.3) is 0 Å². The lowest BCUT2D eigenvalue weighted by molar-refractivity contribution is 0.282. The molecule has 1 aromatic heterocycles. The molecule has 1 aromatic carbocycles. The van der Waals surface area contributed by atoms with E-state index in [0.29, 0.717) is 0 Å². The fraction of sp³-hybridized carbons (Fsp3) is 0.167. The van der Waals surface area contributed by atoms with Gasteiger partial charge in [-0.2, -0.15) is 0 Å². The van der Waals surface area contributed by atoms with E-state index < -0.39 is 10.0 Å². The van der Waals surface area contributed by atoms with Crippen LogP contribution in [0.2, 0.25) is 5.28 Å². The molecule has 0 bridgehead atoms. The summed E-state index contributed by atoms with van der Waals surface area (Å²) in [7, 11) is -3.67. The Kier molecular flexibility index (Phi) is 4.66. The molecule has 0 saturated carbocycles. The van der Waals surface area contributed by atoms with Crippen molar-refractivity contribution in [2.24, 2.45) is 0 Å². The van der Waals surface area contributed by atoms with Crippen molar-refractivity contribution in [3.63, 3.8) is 0 Å². The van der Waals surface area contributed by atoms with E-state index in [0.717, 1.165) is 23.5 Å². The van der Waals surface area contributed by atoms with Crippen LogP contribution in [0.5, 0.6) is 0 Å². The Morgan fingerprint density at radius 2 is 1.65 bits per heavy atom. The third-order valence-electron chi connectivity index (χ3n) is 2.58. The number of aliphatic hydroxyl groups excluding tert-OH is 1. The van der Waals surface area contributed by atoms with Crippen LogP contribution in [-0.2, 0) is 23.2 Å². The topological polar surface area (TPSA) is 92.2 Å². The van der Waals surface area contributed by atoms with Crippen molar-refractivity contribution in [2.45, 2.75) is 18.0 Å². The van der Waals surface area contributed by atoms with Crippen molar-refractivity contribution >= 4 is 21.6 Å². The number of rotatable bonds is 5. The Balaban J connectivity index is 2.06. The summed E-state index contributed by atoms with van der Waals surface area (Å²) in [6.07, 6.45) is 2.29. The Morgan fingerprint density at radius 1 is 1.10 bits per heavy atom. The predicted molar refractivity (Wildman–Crippen MR) is 73.4 cm³/mol. The predicted octanol–water partition coefficient (Wildman–Crippen LogP) is 1.10. The van der Waals surface area contributed by atoms with E-state index in [2.05, 4.69) is 14.7 Å². The monoisotopic (exact) mass is 313 g/mol. The molecular weight excluding hydrogens is 302 g/mol.